The third-order valence-electron chi connectivity index (χ3n) is 2.81. The lowest BCUT2D eigenvalue weighted by atomic mass is 10.1. The van der Waals surface area contributed by atoms with Gasteiger partial charge in [0.05, 0.1) is 11.0 Å². The first-order valence-electron chi connectivity index (χ1n) is 5.90. The van der Waals surface area contributed by atoms with E-state index in [9.17, 15) is 10.1 Å². The summed E-state index contributed by atoms with van der Waals surface area (Å²) in [4.78, 5) is 14.6. The number of hydrogen-bond acceptors (Lipinski definition) is 4. The Labute approximate surface area is 139 Å². The van der Waals surface area contributed by atoms with Crippen LogP contribution in [0.5, 0.6) is 0 Å². The Morgan fingerprint density at radius 1 is 1.38 bits per heavy atom. The van der Waals surface area contributed by atoms with Crippen molar-refractivity contribution in [2.75, 3.05) is 5.32 Å². The number of nitro groups is 1. The Morgan fingerprint density at radius 3 is 2.71 bits per heavy atom. The third kappa shape index (κ3) is 3.84. The topological polar surface area (TPSA) is 68.1 Å². The lowest BCUT2D eigenvalue weighted by molar-refractivity contribution is -0.384. The van der Waals surface area contributed by atoms with Crippen molar-refractivity contribution >= 4 is 50.6 Å². The molecule has 2 aromatic rings. The van der Waals surface area contributed by atoms with E-state index in [2.05, 4.69) is 26.2 Å². The van der Waals surface area contributed by atoms with Gasteiger partial charge in [-0.2, -0.15) is 0 Å². The van der Waals surface area contributed by atoms with Crippen LogP contribution in [0.25, 0.3) is 0 Å². The molecule has 0 radical (unpaired) electrons. The fourth-order valence-electron chi connectivity index (χ4n) is 1.81. The number of rotatable bonds is 4. The normalized spacial score (nSPS) is 12.0. The molecule has 5 nitrogen and oxygen atoms in total. The summed E-state index contributed by atoms with van der Waals surface area (Å²) in [5.74, 6) is 0.182. The highest BCUT2D eigenvalue weighted by atomic mass is 79.9. The van der Waals surface area contributed by atoms with Crippen LogP contribution in [0.15, 0.2) is 34.9 Å². The molecule has 0 fully saturated rings. The van der Waals surface area contributed by atoms with Gasteiger partial charge in [-0.3, -0.25) is 10.1 Å². The van der Waals surface area contributed by atoms with Gasteiger partial charge in [0.1, 0.15) is 0 Å². The van der Waals surface area contributed by atoms with Gasteiger partial charge >= 0.3 is 5.69 Å². The molecule has 1 aromatic carbocycles. The quantitative estimate of drug-likeness (QED) is 0.573. The van der Waals surface area contributed by atoms with Crippen molar-refractivity contribution in [1.29, 1.82) is 0 Å². The Kier molecular flexibility index (Phi) is 5.03. The van der Waals surface area contributed by atoms with Crippen molar-refractivity contribution in [2.24, 2.45) is 0 Å². The molecule has 1 atom stereocenters. The summed E-state index contributed by atoms with van der Waals surface area (Å²) < 4.78 is 0.539. The number of halogens is 3. The summed E-state index contributed by atoms with van der Waals surface area (Å²) in [5.41, 5.74) is 0.668. The molecular formula is C13H10BrCl2N3O2. The number of pyridine rings is 1. The second-order valence-electron chi connectivity index (χ2n) is 4.31. The van der Waals surface area contributed by atoms with Gasteiger partial charge in [-0.15, -0.1) is 0 Å². The minimum Gasteiger partial charge on any atom is -0.358 e. The van der Waals surface area contributed by atoms with Crippen LogP contribution in [0.2, 0.25) is 10.0 Å². The number of nitrogens with one attached hydrogen (secondary N) is 1. The summed E-state index contributed by atoms with van der Waals surface area (Å²) >= 11 is 15.2. The molecule has 0 saturated heterocycles. The van der Waals surface area contributed by atoms with E-state index in [0.29, 0.717) is 14.5 Å². The molecule has 110 valence electrons. The Bertz CT molecular complexity index is 697. The lowest BCUT2D eigenvalue weighted by Crippen LogP contribution is -2.10. The summed E-state index contributed by atoms with van der Waals surface area (Å²) in [6, 6.07) is 6.24. The van der Waals surface area contributed by atoms with Crippen LogP contribution in [0.1, 0.15) is 18.5 Å². The molecule has 0 aliphatic rings. The van der Waals surface area contributed by atoms with E-state index >= 15 is 0 Å². The van der Waals surface area contributed by atoms with Crippen molar-refractivity contribution in [2.45, 2.75) is 13.0 Å². The maximum absolute atomic E-state index is 11.1. The van der Waals surface area contributed by atoms with Crippen LogP contribution >= 0.6 is 39.1 Å². The van der Waals surface area contributed by atoms with Crippen LogP contribution in [0, 0.1) is 10.1 Å². The van der Waals surface area contributed by atoms with E-state index in [1.54, 1.807) is 18.2 Å². The molecule has 8 heteroatoms. The van der Waals surface area contributed by atoms with Gasteiger partial charge < -0.3 is 5.32 Å². The Hall–Kier alpha value is -1.37. The number of benzene rings is 1. The van der Waals surface area contributed by atoms with Gasteiger partial charge in [0.25, 0.3) is 0 Å². The molecular weight excluding hydrogens is 381 g/mol. The van der Waals surface area contributed by atoms with E-state index in [1.807, 2.05) is 6.92 Å². The zero-order valence-electron chi connectivity index (χ0n) is 10.8. The maximum Gasteiger partial charge on any atom is 0.312 e. The first kappa shape index (κ1) is 16.0. The molecule has 2 rings (SSSR count). The standard InChI is InChI=1S/C13H10BrCl2N3O2/c1-7(10-3-2-9(15)5-11(10)16)18-13-12(19(20)21)4-8(14)6-17-13/h2-7H,1H3,(H,17,18). The van der Waals surface area contributed by atoms with E-state index in [-0.39, 0.29) is 17.5 Å². The zero-order chi connectivity index (χ0) is 15.6. The minimum atomic E-state index is -0.490. The van der Waals surface area contributed by atoms with E-state index < -0.39 is 4.92 Å². The van der Waals surface area contributed by atoms with Crippen LogP contribution in [-0.2, 0) is 0 Å². The van der Waals surface area contributed by atoms with Crippen molar-refractivity contribution in [1.82, 2.24) is 4.98 Å². The van der Waals surface area contributed by atoms with Gasteiger partial charge in [0.2, 0.25) is 5.82 Å². The van der Waals surface area contributed by atoms with Crippen LogP contribution in [0.3, 0.4) is 0 Å². The van der Waals surface area contributed by atoms with Crippen LogP contribution in [0.4, 0.5) is 11.5 Å². The lowest BCUT2D eigenvalue weighted by Gasteiger charge is -2.16. The number of aromatic nitrogens is 1. The Morgan fingerprint density at radius 2 is 2.10 bits per heavy atom. The Balaban J connectivity index is 2.31. The molecule has 0 spiro atoms. The van der Waals surface area contributed by atoms with Crippen LogP contribution < -0.4 is 5.32 Å². The third-order valence-corrected chi connectivity index (χ3v) is 3.81. The second kappa shape index (κ2) is 6.60. The van der Waals surface area contributed by atoms with Crippen LogP contribution in [-0.4, -0.2) is 9.91 Å². The van der Waals surface area contributed by atoms with E-state index in [1.165, 1.54) is 12.3 Å². The zero-order valence-corrected chi connectivity index (χ0v) is 13.9. The average Bonchev–Trinajstić information content (AvgIpc) is 2.40. The van der Waals surface area contributed by atoms with E-state index in [4.69, 9.17) is 23.2 Å². The van der Waals surface area contributed by atoms with Gasteiger partial charge in [0, 0.05) is 26.8 Å². The smallest absolute Gasteiger partial charge is 0.312 e. The number of anilines is 1. The van der Waals surface area contributed by atoms with Gasteiger partial charge in [-0.05, 0) is 40.5 Å². The SMILES string of the molecule is CC(Nc1ncc(Br)cc1[N+](=O)[O-])c1ccc(Cl)cc1Cl. The second-order valence-corrected chi connectivity index (χ2v) is 6.07. The van der Waals surface area contributed by atoms with E-state index in [0.717, 1.165) is 5.56 Å². The highest BCUT2D eigenvalue weighted by molar-refractivity contribution is 9.10. The molecule has 1 unspecified atom stereocenters. The average molecular weight is 391 g/mol. The monoisotopic (exact) mass is 389 g/mol. The summed E-state index contributed by atoms with van der Waals surface area (Å²) in [6.45, 7) is 1.84. The molecule has 0 amide bonds. The fourth-order valence-corrected chi connectivity index (χ4v) is 2.71. The molecule has 21 heavy (non-hydrogen) atoms. The highest BCUT2D eigenvalue weighted by Crippen LogP contribution is 2.31. The number of hydrogen-bond donors (Lipinski definition) is 1. The first-order valence-corrected chi connectivity index (χ1v) is 7.45. The molecule has 0 aliphatic carbocycles. The maximum atomic E-state index is 11.1. The number of nitrogens with zero attached hydrogens (tertiary/aromatic N) is 2. The first-order chi connectivity index (χ1) is 9.88. The molecule has 0 saturated carbocycles. The largest absolute Gasteiger partial charge is 0.358 e. The van der Waals surface area contributed by atoms with Crippen molar-refractivity contribution in [3.63, 3.8) is 0 Å². The highest BCUT2D eigenvalue weighted by Gasteiger charge is 2.19. The molecule has 1 aromatic heterocycles. The van der Waals surface area contributed by atoms with Gasteiger partial charge in [-0.25, -0.2) is 4.98 Å². The van der Waals surface area contributed by atoms with Gasteiger partial charge in [0.15, 0.2) is 0 Å². The van der Waals surface area contributed by atoms with Crippen molar-refractivity contribution < 1.29 is 4.92 Å². The van der Waals surface area contributed by atoms with Crippen molar-refractivity contribution in [3.8, 4) is 0 Å². The summed E-state index contributed by atoms with van der Waals surface area (Å²) in [6.07, 6.45) is 1.49. The summed E-state index contributed by atoms with van der Waals surface area (Å²) in [5, 5.41) is 15.1. The predicted octanol–water partition coefficient (Wildman–Crippen LogP) is 5.23. The summed E-state index contributed by atoms with van der Waals surface area (Å²) in [7, 11) is 0. The molecule has 0 bridgehead atoms. The molecule has 1 heterocycles. The van der Waals surface area contributed by atoms with Crippen molar-refractivity contribution in [3.05, 3.63) is 60.7 Å². The molecule has 0 aliphatic heterocycles. The molecule has 1 N–H and O–H groups in total. The minimum absolute atomic E-state index is 0.110. The van der Waals surface area contributed by atoms with Gasteiger partial charge in [-0.1, -0.05) is 29.3 Å². The predicted molar refractivity (Wildman–Crippen MR) is 87.1 cm³/mol. The fraction of sp³-hybridized carbons (Fsp3) is 0.154.